The van der Waals surface area contributed by atoms with E-state index in [1.165, 1.54) is 16.5 Å². The lowest BCUT2D eigenvalue weighted by molar-refractivity contribution is 0.535. The SMILES string of the molecule is CNC(C)c1ccc2ccn(CC(C)C)c2c1. The van der Waals surface area contributed by atoms with Crippen LogP contribution in [0.3, 0.4) is 0 Å². The quantitative estimate of drug-likeness (QED) is 0.849. The summed E-state index contributed by atoms with van der Waals surface area (Å²) in [7, 11) is 2.00. The standard InChI is InChI=1S/C15H22N2/c1-11(2)10-17-8-7-13-5-6-14(9-15(13)17)12(3)16-4/h5-9,11-12,16H,10H2,1-4H3. The molecule has 0 bridgehead atoms. The molecule has 2 heteroatoms. The number of nitrogens with one attached hydrogen (secondary N) is 1. The molecule has 1 heterocycles. The number of fused-ring (bicyclic) bond motifs is 1. The van der Waals surface area contributed by atoms with Crippen molar-refractivity contribution in [2.75, 3.05) is 7.05 Å². The summed E-state index contributed by atoms with van der Waals surface area (Å²) >= 11 is 0. The maximum atomic E-state index is 3.29. The maximum Gasteiger partial charge on any atom is 0.0483 e. The topological polar surface area (TPSA) is 17.0 Å². The van der Waals surface area contributed by atoms with E-state index in [0.29, 0.717) is 12.0 Å². The zero-order valence-corrected chi connectivity index (χ0v) is 11.2. The molecule has 0 aliphatic rings. The summed E-state index contributed by atoms with van der Waals surface area (Å²) < 4.78 is 2.35. The normalized spacial score (nSPS) is 13.5. The maximum absolute atomic E-state index is 3.29. The van der Waals surface area contributed by atoms with Crippen LogP contribution in [0.25, 0.3) is 10.9 Å². The fraction of sp³-hybridized carbons (Fsp3) is 0.467. The van der Waals surface area contributed by atoms with Crippen molar-refractivity contribution in [1.82, 2.24) is 9.88 Å². The van der Waals surface area contributed by atoms with E-state index in [1.807, 2.05) is 7.05 Å². The molecule has 92 valence electrons. The minimum Gasteiger partial charge on any atom is -0.347 e. The minimum atomic E-state index is 0.404. The smallest absolute Gasteiger partial charge is 0.0483 e. The highest BCUT2D eigenvalue weighted by molar-refractivity contribution is 5.81. The first-order valence-corrected chi connectivity index (χ1v) is 6.38. The molecule has 1 aromatic carbocycles. The Labute approximate surface area is 104 Å². The van der Waals surface area contributed by atoms with Crippen molar-refractivity contribution < 1.29 is 0 Å². The summed E-state index contributed by atoms with van der Waals surface area (Å²) in [5, 5.41) is 4.62. The van der Waals surface area contributed by atoms with Crippen LogP contribution < -0.4 is 5.32 Å². The van der Waals surface area contributed by atoms with E-state index in [-0.39, 0.29) is 0 Å². The molecule has 1 unspecified atom stereocenters. The van der Waals surface area contributed by atoms with Gasteiger partial charge >= 0.3 is 0 Å². The molecule has 1 N–H and O–H groups in total. The number of benzene rings is 1. The highest BCUT2D eigenvalue weighted by Crippen LogP contribution is 2.22. The summed E-state index contributed by atoms with van der Waals surface area (Å²) in [6.45, 7) is 7.79. The summed E-state index contributed by atoms with van der Waals surface area (Å²) in [5.74, 6) is 0.677. The molecule has 17 heavy (non-hydrogen) atoms. The molecule has 1 atom stereocenters. The van der Waals surface area contributed by atoms with Crippen LogP contribution in [0.15, 0.2) is 30.5 Å². The lowest BCUT2D eigenvalue weighted by atomic mass is 10.1. The monoisotopic (exact) mass is 230 g/mol. The number of rotatable bonds is 4. The van der Waals surface area contributed by atoms with Crippen molar-refractivity contribution in [2.24, 2.45) is 5.92 Å². The highest BCUT2D eigenvalue weighted by Gasteiger charge is 2.07. The van der Waals surface area contributed by atoms with Gasteiger partial charge in [-0.25, -0.2) is 0 Å². The molecular weight excluding hydrogens is 208 g/mol. The van der Waals surface area contributed by atoms with Crippen molar-refractivity contribution in [1.29, 1.82) is 0 Å². The van der Waals surface area contributed by atoms with E-state index in [1.54, 1.807) is 0 Å². The van der Waals surface area contributed by atoms with Gasteiger partial charge in [-0.2, -0.15) is 0 Å². The number of nitrogens with zero attached hydrogens (tertiary/aromatic N) is 1. The molecule has 0 saturated carbocycles. The van der Waals surface area contributed by atoms with Gasteiger partial charge in [-0.3, -0.25) is 0 Å². The van der Waals surface area contributed by atoms with Crippen LogP contribution in [-0.2, 0) is 6.54 Å². The van der Waals surface area contributed by atoms with Gasteiger partial charge in [0.15, 0.2) is 0 Å². The second kappa shape index (κ2) is 4.92. The van der Waals surface area contributed by atoms with Gasteiger partial charge in [0, 0.05) is 24.3 Å². The third-order valence-corrected chi connectivity index (χ3v) is 3.29. The van der Waals surface area contributed by atoms with Gasteiger partial charge in [-0.05, 0) is 43.0 Å². The van der Waals surface area contributed by atoms with E-state index >= 15 is 0 Å². The molecule has 0 radical (unpaired) electrons. The van der Waals surface area contributed by atoms with Crippen molar-refractivity contribution in [3.05, 3.63) is 36.0 Å². The van der Waals surface area contributed by atoms with Crippen molar-refractivity contribution in [3.8, 4) is 0 Å². The lowest BCUT2D eigenvalue weighted by Crippen LogP contribution is -2.12. The van der Waals surface area contributed by atoms with Crippen LogP contribution in [0.5, 0.6) is 0 Å². The third kappa shape index (κ3) is 2.52. The fourth-order valence-corrected chi connectivity index (χ4v) is 2.19. The molecule has 0 fully saturated rings. The highest BCUT2D eigenvalue weighted by atomic mass is 15.0. The Hall–Kier alpha value is -1.28. The van der Waals surface area contributed by atoms with Crippen LogP contribution in [0.1, 0.15) is 32.4 Å². The zero-order valence-electron chi connectivity index (χ0n) is 11.2. The van der Waals surface area contributed by atoms with Crippen LogP contribution in [0.4, 0.5) is 0 Å². The predicted molar refractivity (Wildman–Crippen MR) is 74.3 cm³/mol. The van der Waals surface area contributed by atoms with E-state index in [0.717, 1.165) is 6.54 Å². The molecule has 1 aromatic heterocycles. The van der Waals surface area contributed by atoms with Crippen LogP contribution >= 0.6 is 0 Å². The first-order valence-electron chi connectivity index (χ1n) is 6.38. The molecule has 0 aliphatic heterocycles. The summed E-state index contributed by atoms with van der Waals surface area (Å²) in [6, 6.07) is 9.34. The van der Waals surface area contributed by atoms with Gasteiger partial charge in [0.05, 0.1) is 0 Å². The van der Waals surface area contributed by atoms with E-state index in [2.05, 4.69) is 61.1 Å². The molecule has 2 nitrogen and oxygen atoms in total. The van der Waals surface area contributed by atoms with E-state index in [4.69, 9.17) is 0 Å². The van der Waals surface area contributed by atoms with E-state index < -0.39 is 0 Å². The fourth-order valence-electron chi connectivity index (χ4n) is 2.19. The van der Waals surface area contributed by atoms with Gasteiger partial charge in [-0.15, -0.1) is 0 Å². The Bertz CT molecular complexity index is 497. The van der Waals surface area contributed by atoms with Gasteiger partial charge in [0.25, 0.3) is 0 Å². The van der Waals surface area contributed by atoms with Crippen LogP contribution in [0, 0.1) is 5.92 Å². The molecule has 2 rings (SSSR count). The second-order valence-corrected chi connectivity index (χ2v) is 5.19. The van der Waals surface area contributed by atoms with Crippen molar-refractivity contribution >= 4 is 10.9 Å². The number of hydrogen-bond donors (Lipinski definition) is 1. The van der Waals surface area contributed by atoms with Gasteiger partial charge < -0.3 is 9.88 Å². The van der Waals surface area contributed by atoms with Gasteiger partial charge in [0.1, 0.15) is 0 Å². The molecule has 0 spiro atoms. The molecule has 0 amide bonds. The first-order chi connectivity index (χ1) is 8.11. The van der Waals surface area contributed by atoms with Gasteiger partial charge in [0.2, 0.25) is 0 Å². The third-order valence-electron chi connectivity index (χ3n) is 3.29. The molecular formula is C15H22N2. The minimum absolute atomic E-state index is 0.404. The second-order valence-electron chi connectivity index (χ2n) is 5.19. The van der Waals surface area contributed by atoms with Crippen LogP contribution in [-0.4, -0.2) is 11.6 Å². The summed E-state index contributed by atoms with van der Waals surface area (Å²) in [4.78, 5) is 0. The molecule has 0 saturated heterocycles. The Kier molecular flexibility index (Phi) is 3.53. The average molecular weight is 230 g/mol. The van der Waals surface area contributed by atoms with E-state index in [9.17, 15) is 0 Å². The largest absolute Gasteiger partial charge is 0.347 e. The average Bonchev–Trinajstić information content (AvgIpc) is 2.70. The van der Waals surface area contributed by atoms with Gasteiger partial charge in [-0.1, -0.05) is 26.0 Å². The summed E-state index contributed by atoms with van der Waals surface area (Å²) in [5.41, 5.74) is 2.70. The van der Waals surface area contributed by atoms with Crippen molar-refractivity contribution in [3.63, 3.8) is 0 Å². The molecule has 0 aliphatic carbocycles. The first kappa shape index (κ1) is 12.2. The lowest BCUT2D eigenvalue weighted by Gasteiger charge is -2.13. The summed E-state index contributed by atoms with van der Waals surface area (Å²) in [6.07, 6.45) is 2.19. The Morgan fingerprint density at radius 3 is 2.59 bits per heavy atom. The number of hydrogen-bond acceptors (Lipinski definition) is 1. The molecule has 2 aromatic rings. The Balaban J connectivity index is 2.43. The van der Waals surface area contributed by atoms with Crippen LogP contribution in [0.2, 0.25) is 0 Å². The Morgan fingerprint density at radius 1 is 1.18 bits per heavy atom. The predicted octanol–water partition coefficient (Wildman–Crippen LogP) is 3.58. The van der Waals surface area contributed by atoms with Crippen molar-refractivity contribution in [2.45, 2.75) is 33.4 Å². The Morgan fingerprint density at radius 2 is 1.94 bits per heavy atom. The zero-order chi connectivity index (χ0) is 12.4. The number of aromatic nitrogens is 1.